The van der Waals surface area contributed by atoms with E-state index in [4.69, 9.17) is 0 Å². The molecule has 0 aliphatic carbocycles. The monoisotopic (exact) mass is 361 g/mol. The highest BCUT2D eigenvalue weighted by atomic mass is 16.3. The van der Waals surface area contributed by atoms with Gasteiger partial charge in [-0.3, -0.25) is 4.99 Å². The molecular weight excluding hydrogens is 322 g/mol. The zero-order valence-electron chi connectivity index (χ0n) is 16.8. The highest BCUT2D eigenvalue weighted by Crippen LogP contribution is 2.24. The summed E-state index contributed by atoms with van der Waals surface area (Å²) in [4.78, 5) is 4.39. The van der Waals surface area contributed by atoms with Crippen molar-refractivity contribution in [2.45, 2.75) is 96.8 Å². The van der Waals surface area contributed by atoms with Gasteiger partial charge in [0.1, 0.15) is 0 Å². The maximum absolute atomic E-state index is 9.42. The number of nitrogens with zero attached hydrogens (tertiary/aromatic N) is 1. The smallest absolute Gasteiger partial charge is 0.158 e. The fraction of sp³-hybridized carbons (Fsp3) is 0.696. The van der Waals surface area contributed by atoms with Crippen LogP contribution in [0.4, 0.5) is 0 Å². The molecule has 0 heterocycles. The van der Waals surface area contributed by atoms with Crippen LogP contribution in [0.2, 0.25) is 0 Å². The van der Waals surface area contributed by atoms with Crippen LogP contribution in [0.25, 0.3) is 0 Å². The van der Waals surface area contributed by atoms with Crippen LogP contribution in [0.15, 0.2) is 23.2 Å². The topological polar surface area (TPSA) is 52.8 Å². The lowest BCUT2D eigenvalue weighted by Crippen LogP contribution is -1.87. The van der Waals surface area contributed by atoms with E-state index in [-0.39, 0.29) is 11.5 Å². The standard InChI is InChI=1S/C23H39NO2/c1-2-3-4-5-6-7-8-9-10-11-12-13-14-15-18-24-20-21-16-17-22(25)23(26)19-21/h16-17,19-20,25-26H,2-15,18H2,1H3. The van der Waals surface area contributed by atoms with Crippen LogP contribution < -0.4 is 0 Å². The molecule has 0 saturated carbocycles. The highest BCUT2D eigenvalue weighted by Gasteiger charge is 1.98. The molecule has 0 spiro atoms. The fourth-order valence-corrected chi connectivity index (χ4v) is 3.19. The molecular formula is C23H39NO2. The third-order valence-electron chi connectivity index (χ3n) is 4.88. The lowest BCUT2D eigenvalue weighted by atomic mass is 10.0. The molecule has 1 aromatic carbocycles. The van der Waals surface area contributed by atoms with Gasteiger partial charge in [-0.1, -0.05) is 90.4 Å². The van der Waals surface area contributed by atoms with E-state index in [9.17, 15) is 10.2 Å². The molecule has 0 saturated heterocycles. The number of aliphatic imine (C=N–C) groups is 1. The van der Waals surface area contributed by atoms with Crippen molar-refractivity contribution in [3.8, 4) is 11.5 Å². The van der Waals surface area contributed by atoms with Crippen LogP contribution in [0, 0.1) is 0 Å². The van der Waals surface area contributed by atoms with Gasteiger partial charge in [-0.2, -0.15) is 0 Å². The molecule has 0 aromatic heterocycles. The minimum Gasteiger partial charge on any atom is -0.504 e. The molecule has 0 fully saturated rings. The zero-order valence-corrected chi connectivity index (χ0v) is 16.8. The third kappa shape index (κ3) is 11.9. The van der Waals surface area contributed by atoms with Gasteiger partial charge in [0.15, 0.2) is 11.5 Å². The second kappa shape index (κ2) is 15.7. The fourth-order valence-electron chi connectivity index (χ4n) is 3.19. The van der Waals surface area contributed by atoms with Gasteiger partial charge >= 0.3 is 0 Å². The molecule has 0 aliphatic heterocycles. The van der Waals surface area contributed by atoms with E-state index in [1.54, 1.807) is 12.3 Å². The van der Waals surface area contributed by atoms with E-state index in [1.807, 2.05) is 0 Å². The largest absolute Gasteiger partial charge is 0.504 e. The van der Waals surface area contributed by atoms with E-state index in [1.165, 1.54) is 95.6 Å². The van der Waals surface area contributed by atoms with Crippen LogP contribution in [-0.4, -0.2) is 23.0 Å². The van der Waals surface area contributed by atoms with Crippen LogP contribution in [0.3, 0.4) is 0 Å². The van der Waals surface area contributed by atoms with Crippen LogP contribution in [0.1, 0.15) is 102 Å². The van der Waals surface area contributed by atoms with Crippen LogP contribution >= 0.6 is 0 Å². The quantitative estimate of drug-likeness (QED) is 0.189. The molecule has 0 aliphatic rings. The molecule has 148 valence electrons. The zero-order chi connectivity index (χ0) is 18.9. The first kappa shape index (κ1) is 22.5. The molecule has 0 radical (unpaired) electrons. The number of phenolic OH excluding ortho intramolecular Hbond substituents is 2. The van der Waals surface area contributed by atoms with Gasteiger partial charge in [0.25, 0.3) is 0 Å². The van der Waals surface area contributed by atoms with Crippen molar-refractivity contribution < 1.29 is 10.2 Å². The summed E-state index contributed by atoms with van der Waals surface area (Å²) in [5.74, 6) is -0.181. The Morgan fingerprint density at radius 1 is 0.692 bits per heavy atom. The summed E-state index contributed by atoms with van der Waals surface area (Å²) in [6.07, 6.45) is 20.9. The predicted molar refractivity (Wildman–Crippen MR) is 113 cm³/mol. The second-order valence-corrected chi connectivity index (χ2v) is 7.38. The summed E-state index contributed by atoms with van der Waals surface area (Å²) in [6.45, 7) is 3.11. The molecule has 26 heavy (non-hydrogen) atoms. The molecule has 3 nitrogen and oxygen atoms in total. The van der Waals surface area contributed by atoms with Gasteiger partial charge in [0, 0.05) is 12.8 Å². The number of hydrogen-bond acceptors (Lipinski definition) is 3. The Morgan fingerprint density at radius 2 is 1.19 bits per heavy atom. The number of hydrogen-bond donors (Lipinski definition) is 2. The van der Waals surface area contributed by atoms with Crippen LogP contribution in [-0.2, 0) is 0 Å². The molecule has 0 amide bonds. The Balaban J connectivity index is 1.85. The summed E-state index contributed by atoms with van der Waals surface area (Å²) in [5.41, 5.74) is 0.825. The van der Waals surface area contributed by atoms with Crippen molar-refractivity contribution in [1.29, 1.82) is 0 Å². The summed E-state index contributed by atoms with van der Waals surface area (Å²) in [6, 6.07) is 4.77. The second-order valence-electron chi connectivity index (χ2n) is 7.38. The molecule has 0 atom stereocenters. The molecule has 1 rings (SSSR count). The van der Waals surface area contributed by atoms with Gasteiger partial charge in [0.05, 0.1) is 0 Å². The van der Waals surface area contributed by atoms with Crippen molar-refractivity contribution in [1.82, 2.24) is 0 Å². The molecule has 2 N–H and O–H groups in total. The van der Waals surface area contributed by atoms with E-state index < -0.39 is 0 Å². The van der Waals surface area contributed by atoms with Crippen LogP contribution in [0.5, 0.6) is 11.5 Å². The predicted octanol–water partition coefficient (Wildman–Crippen LogP) is 7.00. The summed E-state index contributed by atoms with van der Waals surface area (Å²) < 4.78 is 0. The van der Waals surface area contributed by atoms with Crippen molar-refractivity contribution in [2.24, 2.45) is 4.99 Å². The first-order valence-electron chi connectivity index (χ1n) is 10.8. The Kier molecular flexibility index (Phi) is 13.6. The van der Waals surface area contributed by atoms with Gasteiger partial charge in [-0.15, -0.1) is 0 Å². The maximum Gasteiger partial charge on any atom is 0.158 e. The number of benzene rings is 1. The summed E-state index contributed by atoms with van der Waals surface area (Å²) >= 11 is 0. The average molecular weight is 362 g/mol. The van der Waals surface area contributed by atoms with Gasteiger partial charge in [-0.25, -0.2) is 0 Å². The first-order chi connectivity index (χ1) is 12.7. The molecule has 3 heteroatoms. The number of unbranched alkanes of at least 4 members (excludes halogenated alkanes) is 13. The third-order valence-corrected chi connectivity index (χ3v) is 4.88. The van der Waals surface area contributed by atoms with Crippen molar-refractivity contribution >= 4 is 6.21 Å². The SMILES string of the molecule is CCCCCCCCCCCCCCCCN=Cc1ccc(O)c(O)c1. The van der Waals surface area contributed by atoms with Crippen molar-refractivity contribution in [3.63, 3.8) is 0 Å². The minimum absolute atomic E-state index is 0.0888. The number of rotatable bonds is 16. The highest BCUT2D eigenvalue weighted by molar-refractivity contribution is 5.80. The molecule has 0 bridgehead atoms. The summed E-state index contributed by atoms with van der Waals surface area (Å²) in [5, 5.41) is 18.7. The first-order valence-corrected chi connectivity index (χ1v) is 10.8. The Hall–Kier alpha value is -1.51. The lowest BCUT2D eigenvalue weighted by molar-refractivity contribution is 0.403. The van der Waals surface area contributed by atoms with E-state index >= 15 is 0 Å². The minimum atomic E-state index is -0.0922. The van der Waals surface area contributed by atoms with E-state index in [0.717, 1.165) is 18.5 Å². The van der Waals surface area contributed by atoms with E-state index in [0.29, 0.717) is 0 Å². The number of phenols is 2. The lowest BCUT2D eigenvalue weighted by Gasteiger charge is -2.03. The van der Waals surface area contributed by atoms with Crippen molar-refractivity contribution in [2.75, 3.05) is 6.54 Å². The average Bonchev–Trinajstić information content (AvgIpc) is 2.64. The Morgan fingerprint density at radius 3 is 1.69 bits per heavy atom. The van der Waals surface area contributed by atoms with Crippen molar-refractivity contribution in [3.05, 3.63) is 23.8 Å². The molecule has 0 unspecified atom stereocenters. The van der Waals surface area contributed by atoms with Gasteiger partial charge in [0.2, 0.25) is 0 Å². The maximum atomic E-state index is 9.42. The summed E-state index contributed by atoms with van der Waals surface area (Å²) in [7, 11) is 0. The van der Waals surface area contributed by atoms with E-state index in [2.05, 4.69) is 11.9 Å². The Labute approximate surface area is 160 Å². The number of aromatic hydroxyl groups is 2. The Bertz CT molecular complexity index is 485. The van der Waals surface area contributed by atoms with Gasteiger partial charge in [-0.05, 0) is 30.2 Å². The van der Waals surface area contributed by atoms with Gasteiger partial charge < -0.3 is 10.2 Å². The molecule has 1 aromatic rings. The normalized spacial score (nSPS) is 11.4.